The second-order valence-electron chi connectivity index (χ2n) is 4.89. The molecule has 8 heteroatoms. The van der Waals surface area contributed by atoms with Gasteiger partial charge in [0.1, 0.15) is 10.8 Å². The summed E-state index contributed by atoms with van der Waals surface area (Å²) in [6, 6.07) is 7.75. The van der Waals surface area contributed by atoms with Crippen LogP contribution in [0.25, 0.3) is 0 Å². The fourth-order valence-corrected chi connectivity index (χ4v) is 3.61. The fourth-order valence-electron chi connectivity index (χ4n) is 2.69. The molecule has 22 heavy (non-hydrogen) atoms. The van der Waals surface area contributed by atoms with Gasteiger partial charge in [-0.1, -0.05) is 6.07 Å². The number of nitrogen functional groups attached to an aromatic ring is 1. The minimum atomic E-state index is -0.366. The molecule has 3 heterocycles. The lowest BCUT2D eigenvalue weighted by Gasteiger charge is -2.23. The maximum atomic E-state index is 9.51. The number of nitrogens with two attached hydrogens (primary N) is 2. The third-order valence-corrected chi connectivity index (χ3v) is 4.64. The van der Waals surface area contributed by atoms with E-state index >= 15 is 0 Å². The molecule has 1 aromatic carbocycles. The number of fused-ring (bicyclic) bond motifs is 2. The van der Waals surface area contributed by atoms with Gasteiger partial charge in [0.15, 0.2) is 11.5 Å². The molecule has 0 saturated heterocycles. The highest BCUT2D eigenvalue weighted by Crippen LogP contribution is 2.48. The highest BCUT2D eigenvalue weighted by molar-refractivity contribution is 8.03. The quantitative estimate of drug-likeness (QED) is 0.731. The number of hydrogen-bond acceptors (Lipinski definition) is 7. The van der Waals surface area contributed by atoms with Gasteiger partial charge in [-0.3, -0.25) is 5.10 Å². The van der Waals surface area contributed by atoms with Crippen molar-refractivity contribution in [1.29, 1.82) is 5.26 Å². The Morgan fingerprint density at radius 1 is 1.32 bits per heavy atom. The van der Waals surface area contributed by atoms with E-state index in [9.17, 15) is 5.26 Å². The van der Waals surface area contributed by atoms with Gasteiger partial charge in [-0.2, -0.15) is 10.4 Å². The van der Waals surface area contributed by atoms with Crippen LogP contribution < -0.4 is 20.9 Å². The molecule has 2 aliphatic rings. The van der Waals surface area contributed by atoms with Crippen LogP contribution in [0.4, 0.5) is 5.82 Å². The number of nitrogens with one attached hydrogen (secondary N) is 1. The van der Waals surface area contributed by atoms with Crippen LogP contribution in [-0.2, 0) is 0 Å². The van der Waals surface area contributed by atoms with E-state index in [1.807, 2.05) is 18.2 Å². The average Bonchev–Trinajstić information content (AvgIpc) is 3.12. The van der Waals surface area contributed by atoms with Gasteiger partial charge in [-0.05, 0) is 29.5 Å². The van der Waals surface area contributed by atoms with Gasteiger partial charge in [-0.25, -0.2) is 0 Å². The molecule has 1 atom stereocenters. The number of hydrogen-bond donors (Lipinski definition) is 3. The van der Waals surface area contributed by atoms with Crippen molar-refractivity contribution in [3.8, 4) is 17.6 Å². The first kappa shape index (κ1) is 12.9. The number of aromatic nitrogens is 2. The van der Waals surface area contributed by atoms with E-state index < -0.39 is 0 Å². The Morgan fingerprint density at radius 2 is 2.14 bits per heavy atom. The maximum absolute atomic E-state index is 9.51. The number of anilines is 1. The number of rotatable bonds is 1. The highest BCUT2D eigenvalue weighted by atomic mass is 32.2. The zero-order valence-electron chi connectivity index (χ0n) is 11.3. The summed E-state index contributed by atoms with van der Waals surface area (Å²) in [5, 5.41) is 17.6. The average molecular weight is 313 g/mol. The molecular formula is C14H11N5O2S. The van der Waals surface area contributed by atoms with Crippen molar-refractivity contribution in [2.24, 2.45) is 5.73 Å². The Bertz CT molecular complexity index is 851. The third-order valence-electron chi connectivity index (χ3n) is 3.70. The van der Waals surface area contributed by atoms with Crippen LogP contribution in [0.3, 0.4) is 0 Å². The molecule has 0 radical (unpaired) electrons. The number of aromatic amines is 1. The number of benzene rings is 1. The van der Waals surface area contributed by atoms with Crippen molar-refractivity contribution in [1.82, 2.24) is 10.2 Å². The van der Waals surface area contributed by atoms with Crippen molar-refractivity contribution < 1.29 is 9.47 Å². The molecule has 7 nitrogen and oxygen atoms in total. The SMILES string of the molecule is N#CC1=C(N)Sc2n[nH]c(N)c2C1c1ccc2c(c1)OCO2. The number of thioether (sulfide) groups is 1. The van der Waals surface area contributed by atoms with Gasteiger partial charge >= 0.3 is 0 Å². The van der Waals surface area contributed by atoms with E-state index in [1.54, 1.807) is 0 Å². The maximum Gasteiger partial charge on any atom is 0.231 e. The fraction of sp³-hybridized carbons (Fsp3) is 0.143. The first-order valence-corrected chi connectivity index (χ1v) is 7.31. The van der Waals surface area contributed by atoms with Gasteiger partial charge in [-0.15, -0.1) is 0 Å². The van der Waals surface area contributed by atoms with Crippen molar-refractivity contribution >= 4 is 17.6 Å². The van der Waals surface area contributed by atoms with Crippen LogP contribution in [-0.4, -0.2) is 17.0 Å². The van der Waals surface area contributed by atoms with E-state index in [0.29, 0.717) is 32.9 Å². The molecule has 1 unspecified atom stereocenters. The molecular weight excluding hydrogens is 302 g/mol. The summed E-state index contributed by atoms with van der Waals surface area (Å²) in [5.41, 5.74) is 14.1. The van der Waals surface area contributed by atoms with E-state index in [2.05, 4.69) is 16.3 Å². The van der Waals surface area contributed by atoms with E-state index in [1.165, 1.54) is 11.8 Å². The number of allylic oxidation sites excluding steroid dienone is 1. The van der Waals surface area contributed by atoms with Crippen LogP contribution in [0, 0.1) is 11.3 Å². The summed E-state index contributed by atoms with van der Waals surface area (Å²) in [5.74, 6) is 1.40. The highest BCUT2D eigenvalue weighted by Gasteiger charge is 2.34. The first-order valence-electron chi connectivity index (χ1n) is 6.50. The molecule has 0 bridgehead atoms. The minimum Gasteiger partial charge on any atom is -0.454 e. The van der Waals surface area contributed by atoms with Gasteiger partial charge < -0.3 is 20.9 Å². The Kier molecular flexibility index (Phi) is 2.71. The van der Waals surface area contributed by atoms with Crippen molar-refractivity contribution in [2.75, 3.05) is 12.5 Å². The molecule has 2 aromatic rings. The van der Waals surface area contributed by atoms with E-state index in [4.69, 9.17) is 20.9 Å². The largest absolute Gasteiger partial charge is 0.454 e. The standard InChI is InChI=1S/C14H11N5O2S/c15-4-7-10(6-1-2-8-9(3-6)21-5-20-8)11-12(16)18-19-14(11)22-13(7)17/h1-3,10H,5,17H2,(H3,16,18,19). The molecule has 4 rings (SSSR count). The van der Waals surface area contributed by atoms with Crippen molar-refractivity contribution in [3.63, 3.8) is 0 Å². The molecule has 1 aromatic heterocycles. The molecule has 0 aliphatic carbocycles. The van der Waals surface area contributed by atoms with E-state index in [0.717, 1.165) is 11.1 Å². The molecule has 0 spiro atoms. The third kappa shape index (κ3) is 1.72. The molecule has 0 saturated carbocycles. The topological polar surface area (TPSA) is 123 Å². The number of nitriles is 1. The first-order chi connectivity index (χ1) is 10.7. The Balaban J connectivity index is 1.92. The number of ether oxygens (including phenoxy) is 2. The molecule has 0 amide bonds. The summed E-state index contributed by atoms with van der Waals surface area (Å²) in [6.45, 7) is 0.196. The molecule has 2 aliphatic heterocycles. The predicted octanol–water partition coefficient (Wildman–Crippen LogP) is 1.65. The lowest BCUT2D eigenvalue weighted by Crippen LogP contribution is -2.15. The van der Waals surface area contributed by atoms with Crippen LogP contribution in [0.5, 0.6) is 11.5 Å². The zero-order valence-corrected chi connectivity index (χ0v) is 12.1. The Hall–Kier alpha value is -2.79. The minimum absolute atomic E-state index is 0.196. The van der Waals surface area contributed by atoms with Gasteiger partial charge in [0.25, 0.3) is 0 Å². The lowest BCUT2D eigenvalue weighted by atomic mass is 9.86. The van der Waals surface area contributed by atoms with E-state index in [-0.39, 0.29) is 12.7 Å². The normalized spacial score (nSPS) is 19.0. The van der Waals surface area contributed by atoms with Gasteiger partial charge in [0.2, 0.25) is 6.79 Å². The second-order valence-corrected chi connectivity index (χ2v) is 5.92. The summed E-state index contributed by atoms with van der Waals surface area (Å²) >= 11 is 1.25. The van der Waals surface area contributed by atoms with Crippen molar-refractivity contribution in [3.05, 3.63) is 39.9 Å². The summed E-state index contributed by atoms with van der Waals surface area (Å²) < 4.78 is 10.7. The monoisotopic (exact) mass is 313 g/mol. The van der Waals surface area contributed by atoms with Crippen LogP contribution >= 0.6 is 11.8 Å². The Labute approximate surface area is 129 Å². The van der Waals surface area contributed by atoms with Crippen LogP contribution in [0.1, 0.15) is 17.0 Å². The predicted molar refractivity (Wildman–Crippen MR) is 80.1 cm³/mol. The summed E-state index contributed by atoms with van der Waals surface area (Å²) in [7, 11) is 0. The lowest BCUT2D eigenvalue weighted by molar-refractivity contribution is 0.174. The van der Waals surface area contributed by atoms with Crippen molar-refractivity contribution in [2.45, 2.75) is 10.9 Å². The van der Waals surface area contributed by atoms with Gasteiger partial charge in [0, 0.05) is 5.56 Å². The molecule has 110 valence electrons. The number of nitrogens with zero attached hydrogens (tertiary/aromatic N) is 2. The van der Waals surface area contributed by atoms with Gasteiger partial charge in [0.05, 0.1) is 22.6 Å². The second kappa shape index (κ2) is 4.61. The zero-order chi connectivity index (χ0) is 15.3. The molecule has 0 fully saturated rings. The summed E-state index contributed by atoms with van der Waals surface area (Å²) in [4.78, 5) is 0. The summed E-state index contributed by atoms with van der Waals surface area (Å²) in [6.07, 6.45) is 0. The van der Waals surface area contributed by atoms with Crippen LogP contribution in [0.2, 0.25) is 0 Å². The Morgan fingerprint density at radius 3 is 2.95 bits per heavy atom. The van der Waals surface area contributed by atoms with Crippen LogP contribution in [0.15, 0.2) is 33.8 Å². The smallest absolute Gasteiger partial charge is 0.231 e. The molecule has 5 N–H and O–H groups in total. The number of H-pyrrole nitrogens is 1.